The smallest absolute Gasteiger partial charge is 0.244 e. The summed E-state index contributed by atoms with van der Waals surface area (Å²) in [5.41, 5.74) is 4.71. The highest BCUT2D eigenvalue weighted by molar-refractivity contribution is 5.92. The molecule has 0 bridgehead atoms. The maximum Gasteiger partial charge on any atom is 0.244 e. The Kier molecular flexibility index (Phi) is 4.77. The van der Waals surface area contributed by atoms with Gasteiger partial charge in [0, 0.05) is 18.3 Å². The molecule has 0 spiro atoms. The topological polar surface area (TPSA) is 41.1 Å². The molecule has 1 unspecified atom stereocenters. The van der Waals surface area contributed by atoms with Crippen molar-refractivity contribution < 1.29 is 4.79 Å². The van der Waals surface area contributed by atoms with Crippen LogP contribution in [0.25, 0.3) is 6.08 Å². The molecule has 0 saturated carbocycles. The van der Waals surface area contributed by atoms with Gasteiger partial charge in [-0.3, -0.25) is 4.79 Å². The predicted octanol–water partition coefficient (Wildman–Crippen LogP) is 3.94. The van der Waals surface area contributed by atoms with Crippen molar-refractivity contribution in [3.05, 3.63) is 71.3 Å². The van der Waals surface area contributed by atoms with E-state index in [-0.39, 0.29) is 11.9 Å². The second-order valence-electron chi connectivity index (χ2n) is 5.92. The average Bonchev–Trinajstić information content (AvgIpc) is 2.60. The number of fused-ring (bicyclic) bond motifs is 1. The van der Waals surface area contributed by atoms with E-state index in [4.69, 9.17) is 0 Å². The first-order valence-corrected chi connectivity index (χ1v) is 8.13. The summed E-state index contributed by atoms with van der Waals surface area (Å²) in [4.78, 5) is 12.1. The molecule has 1 atom stereocenters. The molecule has 23 heavy (non-hydrogen) atoms. The summed E-state index contributed by atoms with van der Waals surface area (Å²) in [5.74, 6) is -0.0768. The van der Waals surface area contributed by atoms with Crippen molar-refractivity contribution in [2.45, 2.75) is 25.8 Å². The molecule has 0 radical (unpaired) electrons. The summed E-state index contributed by atoms with van der Waals surface area (Å²) in [6.07, 6.45) is 5.73. The fraction of sp³-hybridized carbons (Fsp3) is 0.250. The normalized spacial score (nSPS) is 14.8. The van der Waals surface area contributed by atoms with Gasteiger partial charge in [-0.05, 0) is 48.6 Å². The van der Waals surface area contributed by atoms with Gasteiger partial charge in [-0.15, -0.1) is 0 Å². The van der Waals surface area contributed by atoms with Crippen LogP contribution in [0.15, 0.2) is 54.6 Å². The van der Waals surface area contributed by atoms with Crippen LogP contribution in [0.1, 0.15) is 36.1 Å². The van der Waals surface area contributed by atoms with Crippen LogP contribution in [0.4, 0.5) is 5.69 Å². The molecule has 3 rings (SSSR count). The lowest BCUT2D eigenvalue weighted by Gasteiger charge is -2.21. The highest BCUT2D eigenvalue weighted by Gasteiger charge is 2.12. The lowest BCUT2D eigenvalue weighted by Crippen LogP contribution is -2.25. The summed E-state index contributed by atoms with van der Waals surface area (Å²) < 4.78 is 0. The van der Waals surface area contributed by atoms with Crippen LogP contribution >= 0.6 is 0 Å². The van der Waals surface area contributed by atoms with Gasteiger partial charge in [0.2, 0.25) is 5.91 Å². The van der Waals surface area contributed by atoms with E-state index in [2.05, 4.69) is 28.8 Å². The quantitative estimate of drug-likeness (QED) is 0.840. The monoisotopic (exact) mass is 306 g/mol. The van der Waals surface area contributed by atoms with E-state index in [1.165, 1.54) is 17.7 Å². The minimum absolute atomic E-state index is 0.0167. The molecule has 2 aromatic rings. The van der Waals surface area contributed by atoms with Gasteiger partial charge in [0.25, 0.3) is 0 Å². The highest BCUT2D eigenvalue weighted by atomic mass is 16.1. The van der Waals surface area contributed by atoms with Crippen molar-refractivity contribution in [3.63, 3.8) is 0 Å². The molecule has 1 amide bonds. The highest BCUT2D eigenvalue weighted by Crippen LogP contribution is 2.25. The summed E-state index contributed by atoms with van der Waals surface area (Å²) >= 11 is 0. The van der Waals surface area contributed by atoms with E-state index >= 15 is 0 Å². The molecule has 2 N–H and O–H groups in total. The molecule has 2 aromatic carbocycles. The zero-order chi connectivity index (χ0) is 16.1. The van der Waals surface area contributed by atoms with Gasteiger partial charge < -0.3 is 10.6 Å². The molecule has 3 heteroatoms. The molecule has 1 aliphatic heterocycles. The van der Waals surface area contributed by atoms with Crippen molar-refractivity contribution in [2.75, 3.05) is 11.9 Å². The minimum atomic E-state index is -0.0768. The maximum absolute atomic E-state index is 12.1. The van der Waals surface area contributed by atoms with E-state index in [9.17, 15) is 4.79 Å². The minimum Gasteiger partial charge on any atom is -0.385 e. The third-order valence-electron chi connectivity index (χ3n) is 4.16. The Labute approximate surface area is 137 Å². The fourth-order valence-corrected chi connectivity index (χ4v) is 2.83. The number of hydrogen-bond acceptors (Lipinski definition) is 2. The SMILES string of the molecule is CC(NC(=O)/C=C/c1ccccc1)c1ccc2c(c1)NCCC2. The first-order chi connectivity index (χ1) is 11.2. The summed E-state index contributed by atoms with van der Waals surface area (Å²) in [7, 11) is 0. The van der Waals surface area contributed by atoms with Crippen molar-refractivity contribution in [1.29, 1.82) is 0 Å². The number of carbonyl (C=O) groups excluding carboxylic acids is 1. The number of nitrogens with one attached hydrogen (secondary N) is 2. The third-order valence-corrected chi connectivity index (χ3v) is 4.16. The van der Waals surface area contributed by atoms with Crippen LogP contribution in [0.3, 0.4) is 0 Å². The maximum atomic E-state index is 12.1. The largest absolute Gasteiger partial charge is 0.385 e. The first kappa shape index (κ1) is 15.3. The van der Waals surface area contributed by atoms with E-state index in [0.717, 1.165) is 24.1 Å². The Bertz CT molecular complexity index is 707. The first-order valence-electron chi connectivity index (χ1n) is 8.13. The Morgan fingerprint density at radius 3 is 2.87 bits per heavy atom. The average molecular weight is 306 g/mol. The molecule has 0 fully saturated rings. The van der Waals surface area contributed by atoms with Gasteiger partial charge in [0.05, 0.1) is 6.04 Å². The standard InChI is InChI=1S/C20H22N2O/c1-15(18-11-10-17-8-5-13-21-19(17)14-18)22-20(23)12-9-16-6-3-2-4-7-16/h2-4,6-7,9-12,14-15,21H,5,8,13H2,1H3,(H,22,23)/b12-9+. The van der Waals surface area contributed by atoms with Crippen LogP contribution in [0.2, 0.25) is 0 Å². The fourth-order valence-electron chi connectivity index (χ4n) is 2.83. The van der Waals surface area contributed by atoms with Crippen LogP contribution < -0.4 is 10.6 Å². The molecule has 0 aliphatic carbocycles. The Morgan fingerprint density at radius 2 is 2.04 bits per heavy atom. The van der Waals surface area contributed by atoms with Gasteiger partial charge in [0.1, 0.15) is 0 Å². The number of anilines is 1. The zero-order valence-electron chi connectivity index (χ0n) is 13.4. The Morgan fingerprint density at radius 1 is 1.22 bits per heavy atom. The lowest BCUT2D eigenvalue weighted by atomic mass is 9.99. The molecular formula is C20H22N2O. The lowest BCUT2D eigenvalue weighted by molar-refractivity contribution is -0.117. The Hall–Kier alpha value is -2.55. The van der Waals surface area contributed by atoms with Crippen LogP contribution in [-0.4, -0.2) is 12.5 Å². The number of amides is 1. The van der Waals surface area contributed by atoms with Crippen molar-refractivity contribution in [1.82, 2.24) is 5.32 Å². The number of rotatable bonds is 4. The third kappa shape index (κ3) is 4.01. The van der Waals surface area contributed by atoms with Gasteiger partial charge in [-0.1, -0.05) is 42.5 Å². The second kappa shape index (κ2) is 7.14. The number of hydrogen-bond donors (Lipinski definition) is 2. The van der Waals surface area contributed by atoms with Gasteiger partial charge >= 0.3 is 0 Å². The summed E-state index contributed by atoms with van der Waals surface area (Å²) in [6, 6.07) is 16.2. The predicted molar refractivity (Wildman–Crippen MR) is 95.3 cm³/mol. The van der Waals surface area contributed by atoms with Crippen LogP contribution in [0.5, 0.6) is 0 Å². The van der Waals surface area contributed by atoms with E-state index in [0.29, 0.717) is 0 Å². The number of aryl methyl sites for hydroxylation is 1. The zero-order valence-corrected chi connectivity index (χ0v) is 13.4. The van der Waals surface area contributed by atoms with Gasteiger partial charge in [-0.25, -0.2) is 0 Å². The molecule has 1 heterocycles. The molecule has 0 saturated heterocycles. The Balaban J connectivity index is 1.63. The number of benzene rings is 2. The summed E-state index contributed by atoms with van der Waals surface area (Å²) in [6.45, 7) is 3.04. The van der Waals surface area contributed by atoms with Crippen molar-refractivity contribution in [2.24, 2.45) is 0 Å². The molecule has 1 aliphatic rings. The van der Waals surface area contributed by atoms with E-state index in [1.54, 1.807) is 6.08 Å². The van der Waals surface area contributed by atoms with Gasteiger partial charge in [0.15, 0.2) is 0 Å². The van der Waals surface area contributed by atoms with Crippen molar-refractivity contribution >= 4 is 17.7 Å². The molecule has 3 nitrogen and oxygen atoms in total. The summed E-state index contributed by atoms with van der Waals surface area (Å²) in [5, 5.41) is 6.45. The number of carbonyl (C=O) groups is 1. The molecule has 118 valence electrons. The second-order valence-corrected chi connectivity index (χ2v) is 5.92. The van der Waals surface area contributed by atoms with Crippen LogP contribution in [-0.2, 0) is 11.2 Å². The van der Waals surface area contributed by atoms with E-state index in [1.807, 2.05) is 43.3 Å². The van der Waals surface area contributed by atoms with E-state index < -0.39 is 0 Å². The molecule has 0 aromatic heterocycles. The van der Waals surface area contributed by atoms with Crippen LogP contribution in [0, 0.1) is 0 Å². The van der Waals surface area contributed by atoms with Crippen molar-refractivity contribution in [3.8, 4) is 0 Å². The van der Waals surface area contributed by atoms with Gasteiger partial charge in [-0.2, -0.15) is 0 Å². The molecular weight excluding hydrogens is 284 g/mol.